The van der Waals surface area contributed by atoms with Gasteiger partial charge in [-0.3, -0.25) is 4.79 Å². The van der Waals surface area contributed by atoms with Crippen molar-refractivity contribution in [2.45, 2.75) is 36.8 Å². The largest absolute Gasteiger partial charge is 0.456 e. The predicted molar refractivity (Wildman–Crippen MR) is 101 cm³/mol. The van der Waals surface area contributed by atoms with Crippen LogP contribution in [0.5, 0.6) is 23.0 Å². The van der Waals surface area contributed by atoms with E-state index in [9.17, 15) is 13.6 Å². The Morgan fingerprint density at radius 2 is 1.32 bits per heavy atom. The van der Waals surface area contributed by atoms with Crippen molar-refractivity contribution in [3.63, 3.8) is 0 Å². The Hall–Kier alpha value is -3.54. The molecule has 2 aliphatic heterocycles. The average Bonchev–Trinajstić information content (AvgIpc) is 3.63. The van der Waals surface area contributed by atoms with Gasteiger partial charge in [0.25, 0.3) is 12.0 Å². The van der Waals surface area contributed by atoms with E-state index in [1.165, 1.54) is 12.1 Å². The molecule has 2 saturated carbocycles. The number of hydrogen-bond donors (Lipinski definition) is 0. The van der Waals surface area contributed by atoms with Gasteiger partial charge in [-0.1, -0.05) is 0 Å². The van der Waals surface area contributed by atoms with Crippen molar-refractivity contribution < 1.29 is 37.3 Å². The van der Waals surface area contributed by atoms with E-state index in [2.05, 4.69) is 4.85 Å². The van der Waals surface area contributed by atoms with Crippen LogP contribution in [0, 0.1) is 18.2 Å². The lowest BCUT2D eigenvalue weighted by molar-refractivity contribution is -0.136. The van der Waals surface area contributed by atoms with E-state index in [4.69, 9.17) is 30.3 Å². The van der Waals surface area contributed by atoms with Crippen molar-refractivity contribution in [3.8, 4) is 23.0 Å². The fourth-order valence-corrected chi connectivity index (χ4v) is 3.76. The average molecular weight is 429 g/mol. The Labute approximate surface area is 176 Å². The molecule has 0 saturated heterocycles. The lowest BCUT2D eigenvalue weighted by Crippen LogP contribution is -2.12. The zero-order valence-corrected chi connectivity index (χ0v) is 16.3. The summed E-state index contributed by atoms with van der Waals surface area (Å²) in [6.07, 6.45) is 2.74. The highest BCUT2D eigenvalue weighted by atomic mass is 19.1. The molecule has 7 nitrogen and oxygen atoms in total. The molecular formula is C22H17F2NO6. The third-order valence-corrected chi connectivity index (χ3v) is 5.83. The molecule has 31 heavy (non-hydrogen) atoms. The molecule has 0 radical (unpaired) electrons. The molecule has 4 aliphatic rings. The Morgan fingerprint density at radius 3 is 1.77 bits per heavy atom. The fourth-order valence-electron chi connectivity index (χ4n) is 3.76. The molecule has 0 aromatic heterocycles. The maximum atomic E-state index is 13.8. The molecule has 0 unspecified atom stereocenters. The smallest absolute Gasteiger partial charge is 0.293 e. The van der Waals surface area contributed by atoms with E-state index in [1.54, 1.807) is 12.1 Å². The Morgan fingerprint density at radius 1 is 0.839 bits per heavy atom. The molecule has 0 spiro atoms. The quantitative estimate of drug-likeness (QED) is 0.537. The molecule has 0 bridgehead atoms. The minimum absolute atomic E-state index is 0.0970. The predicted octanol–water partition coefficient (Wildman–Crippen LogP) is 4.18. The number of benzene rings is 2. The second kappa shape index (κ2) is 7.01. The van der Waals surface area contributed by atoms with Crippen LogP contribution in [-0.2, 0) is 20.7 Å². The second-order valence-electron chi connectivity index (χ2n) is 7.72. The summed E-state index contributed by atoms with van der Waals surface area (Å²) in [5.41, 5.74) is -0.608. The molecule has 2 aliphatic carbocycles. The number of rotatable bonds is 4. The van der Waals surface area contributed by atoms with E-state index in [-0.39, 0.29) is 19.4 Å². The molecule has 0 amide bonds. The van der Waals surface area contributed by atoms with E-state index in [1.807, 2.05) is 0 Å². The third kappa shape index (κ3) is 3.28. The summed E-state index contributed by atoms with van der Waals surface area (Å²) in [6.45, 7) is 7.67. The molecule has 2 aromatic rings. The fraction of sp³-hybridized carbons (Fsp3) is 0.364. The summed E-state index contributed by atoms with van der Waals surface area (Å²) in [5.74, 6) is 1.06. The van der Waals surface area contributed by atoms with Gasteiger partial charge in [0.2, 0.25) is 13.6 Å². The second-order valence-corrected chi connectivity index (χ2v) is 7.72. The molecule has 2 heterocycles. The normalized spacial score (nSPS) is 19.5. The van der Waals surface area contributed by atoms with E-state index >= 15 is 0 Å². The van der Waals surface area contributed by atoms with Crippen LogP contribution in [-0.4, -0.2) is 20.1 Å². The molecule has 9 heteroatoms. The van der Waals surface area contributed by atoms with Crippen molar-refractivity contribution in [2.24, 2.45) is 0 Å². The van der Waals surface area contributed by atoms with Crippen LogP contribution in [0.4, 0.5) is 8.78 Å². The van der Waals surface area contributed by atoms with Gasteiger partial charge in [-0.25, -0.2) is 15.4 Å². The molecule has 6 rings (SSSR count). The van der Waals surface area contributed by atoms with Crippen LogP contribution < -0.4 is 18.9 Å². The monoisotopic (exact) mass is 429 g/mol. The minimum atomic E-state index is -0.785. The summed E-state index contributed by atoms with van der Waals surface area (Å²) in [6, 6.07) is 5.73. The molecule has 160 valence electrons. The van der Waals surface area contributed by atoms with Gasteiger partial charge in [0.15, 0.2) is 23.0 Å². The van der Waals surface area contributed by atoms with Gasteiger partial charge in [0.05, 0.1) is 5.56 Å². The van der Waals surface area contributed by atoms with Gasteiger partial charge in [0, 0.05) is 30.5 Å². The Balaban J connectivity index is 0.000000132. The van der Waals surface area contributed by atoms with Crippen molar-refractivity contribution in [2.75, 3.05) is 13.6 Å². The van der Waals surface area contributed by atoms with Crippen LogP contribution >= 0.6 is 0 Å². The minimum Gasteiger partial charge on any atom is -0.456 e. The first-order valence-corrected chi connectivity index (χ1v) is 9.70. The summed E-state index contributed by atoms with van der Waals surface area (Å²) in [7, 11) is 0. The number of hydrogen-bond acceptors (Lipinski definition) is 6. The first-order valence-electron chi connectivity index (χ1n) is 9.70. The number of carbonyl (C=O) groups is 1. The van der Waals surface area contributed by atoms with Gasteiger partial charge in [-0.2, -0.15) is 0 Å². The molecule has 0 atom stereocenters. The first-order chi connectivity index (χ1) is 15.0. The van der Waals surface area contributed by atoms with Crippen molar-refractivity contribution in [1.29, 1.82) is 0 Å². The standard InChI is InChI=1S/C11H8FNO2.C11H9FO4/c1-13-11(2-3-11)7-4-9-10(5-8(7)12)15-6-14-9;12-8-4-10-9(14-6-15-10)3-7(8)11(1-2-11)16-5-13/h4-5H,2-3,6H2;3-5H,1-2,6H2. The van der Waals surface area contributed by atoms with Crippen LogP contribution in [0.1, 0.15) is 36.8 Å². The van der Waals surface area contributed by atoms with Crippen molar-refractivity contribution in [1.82, 2.24) is 0 Å². The van der Waals surface area contributed by atoms with Crippen LogP contribution in [0.25, 0.3) is 4.85 Å². The van der Waals surface area contributed by atoms with Gasteiger partial charge in [-0.05, 0) is 25.0 Å². The van der Waals surface area contributed by atoms with Crippen molar-refractivity contribution in [3.05, 3.63) is 58.4 Å². The lowest BCUT2D eigenvalue weighted by Gasteiger charge is -2.14. The van der Waals surface area contributed by atoms with Gasteiger partial charge in [0.1, 0.15) is 17.2 Å². The lowest BCUT2D eigenvalue weighted by atomic mass is 10.0. The third-order valence-electron chi connectivity index (χ3n) is 5.83. The van der Waals surface area contributed by atoms with Crippen LogP contribution in [0.15, 0.2) is 24.3 Å². The molecule has 2 aromatic carbocycles. The van der Waals surface area contributed by atoms with Crippen LogP contribution in [0.3, 0.4) is 0 Å². The number of halogens is 2. The van der Waals surface area contributed by atoms with E-state index in [0.29, 0.717) is 53.4 Å². The van der Waals surface area contributed by atoms with Crippen LogP contribution in [0.2, 0.25) is 0 Å². The SMILES string of the molecule is O=COC1(c2cc3c(cc2F)OCO3)CC1.[C-]#[N+]C1(c2cc3c(cc2F)OCO3)CC1. The highest BCUT2D eigenvalue weighted by Crippen LogP contribution is 2.53. The number of carbonyl (C=O) groups excluding carboxylic acids is 1. The number of nitrogens with zero attached hydrogens (tertiary/aromatic N) is 1. The van der Waals surface area contributed by atoms with Gasteiger partial charge in [-0.15, -0.1) is 0 Å². The highest BCUT2D eigenvalue weighted by Gasteiger charge is 2.55. The Kier molecular flexibility index (Phi) is 4.39. The molecular weight excluding hydrogens is 412 g/mol. The first kappa shape index (κ1) is 19.4. The highest BCUT2D eigenvalue weighted by molar-refractivity contribution is 5.51. The Bertz CT molecular complexity index is 1100. The number of fused-ring (bicyclic) bond motifs is 2. The molecule has 0 N–H and O–H groups in total. The van der Waals surface area contributed by atoms with E-state index in [0.717, 1.165) is 12.8 Å². The summed E-state index contributed by atoms with van der Waals surface area (Å²) in [5, 5.41) is 0. The summed E-state index contributed by atoms with van der Waals surface area (Å²) in [4.78, 5) is 13.9. The van der Waals surface area contributed by atoms with Gasteiger partial charge < -0.3 is 28.5 Å². The maximum absolute atomic E-state index is 13.8. The maximum Gasteiger partial charge on any atom is 0.293 e. The van der Waals surface area contributed by atoms with Gasteiger partial charge >= 0.3 is 0 Å². The zero-order valence-electron chi connectivity index (χ0n) is 16.3. The number of ether oxygens (including phenoxy) is 5. The summed E-state index contributed by atoms with van der Waals surface area (Å²) < 4.78 is 52.9. The molecule has 2 fully saturated rings. The van der Waals surface area contributed by atoms with E-state index < -0.39 is 17.0 Å². The summed E-state index contributed by atoms with van der Waals surface area (Å²) >= 11 is 0. The van der Waals surface area contributed by atoms with Crippen molar-refractivity contribution >= 4 is 6.47 Å². The topological polar surface area (TPSA) is 67.6 Å². The zero-order chi connectivity index (χ0) is 21.6.